The van der Waals surface area contributed by atoms with E-state index in [2.05, 4.69) is 404 Å². The molecule has 2 aliphatic rings. The highest BCUT2D eigenvalue weighted by Crippen LogP contribution is 2.55. The fourth-order valence-corrected chi connectivity index (χ4v) is 20.4. The zero-order valence-corrected chi connectivity index (χ0v) is 69.8. The first kappa shape index (κ1) is 73.8. The molecule has 0 amide bonds. The predicted molar refractivity (Wildman–Crippen MR) is 528 cm³/mol. The van der Waals surface area contributed by atoms with Crippen molar-refractivity contribution in [3.63, 3.8) is 0 Å². The van der Waals surface area contributed by atoms with Gasteiger partial charge in [0, 0.05) is 115 Å². The van der Waals surface area contributed by atoms with E-state index in [-0.39, 0.29) is 0 Å². The van der Waals surface area contributed by atoms with Gasteiger partial charge in [-0.2, -0.15) is 0 Å². The van der Waals surface area contributed by atoms with E-state index in [1.165, 1.54) is 75.4 Å². The van der Waals surface area contributed by atoms with Crippen LogP contribution in [-0.4, -0.2) is 38.2 Å². The number of ether oxygens (including phenoxy) is 1. The summed E-state index contributed by atoms with van der Waals surface area (Å²) in [4.78, 5) is 27.4. The Bertz CT molecular complexity index is 7910. The van der Waals surface area contributed by atoms with E-state index in [0.717, 1.165) is 140 Å². The summed E-state index contributed by atoms with van der Waals surface area (Å²) in [6, 6.07) is 159. The summed E-state index contributed by atoms with van der Waals surface area (Å²) in [6.45, 7) is 0. The molecule has 0 bridgehead atoms. The molecule has 12 heteroatoms. The number of anilines is 6. The third-order valence-electron chi connectivity index (χ3n) is 25.0. The van der Waals surface area contributed by atoms with Crippen LogP contribution in [0.1, 0.15) is 0 Å². The molecule has 0 atom stereocenters. The minimum Gasteiger partial charge on any atom is -0.453 e. The summed E-state index contributed by atoms with van der Waals surface area (Å²) in [6.07, 6.45) is 0. The van der Waals surface area contributed by atoms with E-state index >= 15 is 0 Å². The van der Waals surface area contributed by atoms with Crippen molar-refractivity contribution in [1.82, 2.24) is 38.2 Å². The normalized spacial score (nSPS) is 12.2. The molecule has 2 aliphatic heterocycles. The smallest absolute Gasteiger partial charge is 0.164 e. The summed E-state index contributed by atoms with van der Waals surface area (Å²) >= 11 is 1.85. The second-order valence-electron chi connectivity index (χ2n) is 32.4. The molecular weight excluding hydrogens is 1580 g/mol. The number of hydrogen-bond donors (Lipinski definition) is 0. The molecule has 0 unspecified atom stereocenters. The van der Waals surface area contributed by atoms with Crippen LogP contribution in [0.3, 0.4) is 0 Å². The number of hydrogen-bond acceptors (Lipinski definition) is 8. The van der Waals surface area contributed by atoms with Gasteiger partial charge in [-0.15, -0.1) is 0 Å². The molecule has 600 valence electrons. The van der Waals surface area contributed by atoms with Gasteiger partial charge in [-0.05, 0) is 163 Å². The van der Waals surface area contributed by atoms with Crippen LogP contribution in [0.25, 0.3) is 178 Å². The molecule has 0 radical (unpaired) electrons. The average molecular weight is 1660 g/mol. The molecule has 8 heterocycles. The maximum absolute atomic E-state index is 6.75. The summed E-state index contributed by atoms with van der Waals surface area (Å²) < 4.78 is 16.5. The number of aromatic nitrogens is 8. The Hall–Kier alpha value is -16.9. The Labute approximate surface area is 741 Å². The molecule has 0 N–H and O–H groups in total. The van der Waals surface area contributed by atoms with Gasteiger partial charge in [0.1, 0.15) is 0 Å². The standard InChI is InChI=1S/C59H38N4S.C57H36N6O/c1-4-17-39(18-5-1)49-36-42(37-50(60-49)40-19-6-2-7-20-40)41-21-16-24-44(35-41)62-52-28-13-11-26-48(52)58-55(62)34-32-47-46-25-10-12-27-51(46)63(59(47)58)45-31-33-54-57(38-45)64-56-30-15-14-29-53(56)61(54)43-22-8-3-9-23-43;1-4-17-37(18-5-1)55-58-56(38-19-6-2-7-20-38)60-57(59-55)39-21-16-24-41(35-39)62-47-28-13-11-26-45(47)53-50(62)34-32-44-43-25-10-12-27-46(43)63(54(44)53)42-31-33-49-52(36-42)64-51-30-15-14-29-48(51)61(49)40-22-8-3-9-23-40/h1-38H;1-36H. The van der Waals surface area contributed by atoms with Gasteiger partial charge >= 0.3 is 0 Å². The van der Waals surface area contributed by atoms with Crippen LogP contribution in [0.2, 0.25) is 0 Å². The molecule has 11 nitrogen and oxygen atoms in total. The summed E-state index contributed by atoms with van der Waals surface area (Å²) in [5.74, 6) is 3.48. The number of para-hydroxylation sites is 9. The molecule has 24 aromatic rings. The van der Waals surface area contributed by atoms with E-state index in [0.29, 0.717) is 17.5 Å². The highest BCUT2D eigenvalue weighted by atomic mass is 32.2. The van der Waals surface area contributed by atoms with E-state index in [4.69, 9.17) is 24.7 Å². The molecule has 0 saturated heterocycles. The molecule has 18 aromatic carbocycles. The van der Waals surface area contributed by atoms with Crippen LogP contribution in [-0.2, 0) is 0 Å². The van der Waals surface area contributed by atoms with Gasteiger partial charge in [-0.3, -0.25) is 0 Å². The van der Waals surface area contributed by atoms with Crippen molar-refractivity contribution >= 4 is 133 Å². The third kappa shape index (κ3) is 12.4. The van der Waals surface area contributed by atoms with Gasteiger partial charge in [0.15, 0.2) is 29.0 Å². The highest BCUT2D eigenvalue weighted by Gasteiger charge is 2.31. The Morgan fingerprint density at radius 2 is 0.562 bits per heavy atom. The van der Waals surface area contributed by atoms with Crippen LogP contribution in [0.15, 0.2) is 459 Å². The summed E-state index contributed by atoms with van der Waals surface area (Å²) in [5, 5.41) is 9.62. The molecule has 6 aromatic heterocycles. The first-order valence-electron chi connectivity index (χ1n) is 43.2. The maximum Gasteiger partial charge on any atom is 0.164 e. The second kappa shape index (κ2) is 30.5. The van der Waals surface area contributed by atoms with Gasteiger partial charge in [0.05, 0.1) is 84.0 Å². The number of fused-ring (bicyclic) bond motifs is 18. The minimum atomic E-state index is 0.612. The molecule has 128 heavy (non-hydrogen) atoms. The van der Waals surface area contributed by atoms with Crippen molar-refractivity contribution in [3.8, 4) is 102 Å². The van der Waals surface area contributed by atoms with Crippen molar-refractivity contribution in [2.24, 2.45) is 0 Å². The quantitative estimate of drug-likeness (QED) is 0.120. The molecule has 0 spiro atoms. The van der Waals surface area contributed by atoms with Crippen LogP contribution < -0.4 is 14.5 Å². The van der Waals surface area contributed by atoms with Crippen molar-refractivity contribution in [3.05, 3.63) is 449 Å². The van der Waals surface area contributed by atoms with E-state index in [9.17, 15) is 0 Å². The van der Waals surface area contributed by atoms with Gasteiger partial charge in [0.25, 0.3) is 0 Å². The fraction of sp³-hybridized carbons (Fsp3) is 0. The number of benzene rings is 18. The predicted octanol–water partition coefficient (Wildman–Crippen LogP) is 30.9. The van der Waals surface area contributed by atoms with Gasteiger partial charge < -0.3 is 32.8 Å². The Kier molecular flexibility index (Phi) is 17.6. The SMILES string of the molecule is c1ccc(-c2cc(-c3cccc(-n4c5ccccc5c5c4ccc4c6ccccc6n(-c6ccc7c(c6)Sc6ccccc6N7c6ccccc6)c45)c3)cc(-c3ccccc3)n2)cc1.c1ccc(-c2nc(-c3ccccc3)nc(-c3cccc(-n4c5ccccc5c5c4ccc4c6ccccc6n(-c6ccc7c(c6)Oc6ccccc6N7c6ccccc6)c45)c3)n2)cc1. The Balaban J connectivity index is 0.000000139. The summed E-state index contributed by atoms with van der Waals surface area (Å²) in [5.41, 5.74) is 29.2. The molecule has 0 fully saturated rings. The van der Waals surface area contributed by atoms with Crippen molar-refractivity contribution in [1.29, 1.82) is 0 Å². The third-order valence-corrected chi connectivity index (χ3v) is 26.1. The van der Waals surface area contributed by atoms with Gasteiger partial charge in [-0.1, -0.05) is 303 Å². The fourth-order valence-electron chi connectivity index (χ4n) is 19.3. The lowest BCUT2D eigenvalue weighted by Gasteiger charge is -2.33. The first-order chi connectivity index (χ1) is 63.5. The average Bonchev–Trinajstić information content (AvgIpc) is 1.55. The van der Waals surface area contributed by atoms with E-state index in [1.807, 2.05) is 84.6 Å². The molecular formula is C116H74N10OS. The van der Waals surface area contributed by atoms with Crippen molar-refractivity contribution in [2.75, 3.05) is 9.80 Å². The maximum atomic E-state index is 6.75. The zero-order chi connectivity index (χ0) is 84.3. The van der Waals surface area contributed by atoms with Gasteiger partial charge in [-0.25, -0.2) is 19.9 Å². The number of nitrogens with zero attached hydrogens (tertiary/aromatic N) is 10. The van der Waals surface area contributed by atoms with Crippen LogP contribution in [0.5, 0.6) is 11.5 Å². The number of rotatable bonds is 12. The van der Waals surface area contributed by atoms with Crippen LogP contribution >= 0.6 is 11.8 Å². The van der Waals surface area contributed by atoms with E-state index < -0.39 is 0 Å². The molecule has 26 rings (SSSR count). The van der Waals surface area contributed by atoms with Crippen LogP contribution in [0, 0.1) is 0 Å². The summed E-state index contributed by atoms with van der Waals surface area (Å²) in [7, 11) is 0. The topological polar surface area (TPSA) is 87.0 Å². The second-order valence-corrected chi connectivity index (χ2v) is 33.5. The lowest BCUT2D eigenvalue weighted by molar-refractivity contribution is 0.477. The monoisotopic (exact) mass is 1650 g/mol. The lowest BCUT2D eigenvalue weighted by Crippen LogP contribution is -2.15. The van der Waals surface area contributed by atoms with Crippen LogP contribution in [0.4, 0.5) is 34.1 Å². The van der Waals surface area contributed by atoms with E-state index in [1.54, 1.807) is 0 Å². The first-order valence-corrected chi connectivity index (χ1v) is 44.0. The van der Waals surface area contributed by atoms with Crippen molar-refractivity contribution in [2.45, 2.75) is 9.79 Å². The largest absolute Gasteiger partial charge is 0.453 e. The lowest BCUT2D eigenvalue weighted by atomic mass is 9.99. The minimum absolute atomic E-state index is 0.612. The highest BCUT2D eigenvalue weighted by molar-refractivity contribution is 7.99. The molecule has 0 aliphatic carbocycles. The van der Waals surface area contributed by atoms with Crippen molar-refractivity contribution < 1.29 is 4.74 Å². The Morgan fingerprint density at radius 3 is 1.09 bits per heavy atom. The zero-order valence-electron chi connectivity index (χ0n) is 69.0. The van der Waals surface area contributed by atoms with Gasteiger partial charge in [0.2, 0.25) is 0 Å². The number of pyridine rings is 1. The molecule has 0 saturated carbocycles. The Morgan fingerprint density at radius 1 is 0.195 bits per heavy atom.